The Labute approximate surface area is 93.8 Å². The zero-order chi connectivity index (χ0) is 12.1. The van der Waals surface area contributed by atoms with E-state index in [0.717, 1.165) is 5.56 Å². The predicted octanol–water partition coefficient (Wildman–Crippen LogP) is 1.45. The van der Waals surface area contributed by atoms with E-state index in [2.05, 4.69) is 11.8 Å². The molecule has 1 aromatic rings. The first-order valence-electron chi connectivity index (χ1n) is 4.56. The van der Waals surface area contributed by atoms with Crippen LogP contribution in [0.5, 0.6) is 11.5 Å². The summed E-state index contributed by atoms with van der Waals surface area (Å²) in [5.74, 6) is 4.60. The van der Waals surface area contributed by atoms with Gasteiger partial charge in [0.2, 0.25) is 0 Å². The number of aryl methyl sites for hydroxylation is 1. The molecule has 0 saturated heterocycles. The van der Waals surface area contributed by atoms with E-state index >= 15 is 0 Å². The van der Waals surface area contributed by atoms with E-state index in [0.29, 0.717) is 17.1 Å². The molecule has 0 aromatic heterocycles. The molecule has 84 valence electrons. The highest BCUT2D eigenvalue weighted by Gasteiger charge is 2.07. The van der Waals surface area contributed by atoms with Crippen LogP contribution in [0.2, 0.25) is 0 Å². The fourth-order valence-electron chi connectivity index (χ4n) is 1.28. The molecule has 0 fully saturated rings. The van der Waals surface area contributed by atoms with Gasteiger partial charge in [-0.1, -0.05) is 5.92 Å². The van der Waals surface area contributed by atoms with Gasteiger partial charge in [0.05, 0.1) is 19.8 Å². The molecule has 0 unspecified atom stereocenters. The van der Waals surface area contributed by atoms with Crippen molar-refractivity contribution in [3.05, 3.63) is 23.3 Å². The van der Waals surface area contributed by atoms with Crippen LogP contribution < -0.4 is 9.47 Å². The second kappa shape index (κ2) is 5.08. The number of aliphatic carboxylic acids is 1. The average molecular weight is 220 g/mol. The summed E-state index contributed by atoms with van der Waals surface area (Å²) in [5, 5.41) is 8.49. The zero-order valence-corrected chi connectivity index (χ0v) is 9.33. The van der Waals surface area contributed by atoms with Crippen LogP contribution in [0.25, 0.3) is 0 Å². The molecule has 0 saturated carbocycles. The largest absolute Gasteiger partial charge is 0.497 e. The number of rotatable bonds is 2. The first-order chi connectivity index (χ1) is 7.58. The molecule has 1 rings (SSSR count). The van der Waals surface area contributed by atoms with E-state index in [-0.39, 0.29) is 0 Å². The van der Waals surface area contributed by atoms with Gasteiger partial charge in [0.1, 0.15) is 11.5 Å². The SMILES string of the molecule is COc1cc(C)c(C#CC(=O)O)c(OC)c1. The number of carbonyl (C=O) groups is 1. The van der Waals surface area contributed by atoms with Gasteiger partial charge in [0, 0.05) is 12.0 Å². The van der Waals surface area contributed by atoms with E-state index in [1.54, 1.807) is 19.2 Å². The van der Waals surface area contributed by atoms with Crippen LogP contribution in [0, 0.1) is 18.8 Å². The quantitative estimate of drug-likeness (QED) is 0.766. The molecule has 4 nitrogen and oxygen atoms in total. The van der Waals surface area contributed by atoms with Crippen LogP contribution in [-0.4, -0.2) is 25.3 Å². The van der Waals surface area contributed by atoms with Gasteiger partial charge in [0.15, 0.2) is 0 Å². The summed E-state index contributed by atoms with van der Waals surface area (Å²) in [6.45, 7) is 1.82. The van der Waals surface area contributed by atoms with Crippen LogP contribution in [0.1, 0.15) is 11.1 Å². The number of hydrogen-bond donors (Lipinski definition) is 1. The highest BCUT2D eigenvalue weighted by molar-refractivity contribution is 5.87. The molecule has 0 aliphatic rings. The van der Waals surface area contributed by atoms with Gasteiger partial charge in [-0.3, -0.25) is 0 Å². The van der Waals surface area contributed by atoms with Crippen LogP contribution in [0.4, 0.5) is 0 Å². The first-order valence-corrected chi connectivity index (χ1v) is 4.56. The Hall–Kier alpha value is -2.15. The van der Waals surface area contributed by atoms with E-state index in [9.17, 15) is 4.79 Å². The third-order valence-electron chi connectivity index (χ3n) is 2.02. The molecule has 0 heterocycles. The number of hydrogen-bond acceptors (Lipinski definition) is 3. The van der Waals surface area contributed by atoms with Crippen LogP contribution in [0.3, 0.4) is 0 Å². The summed E-state index contributed by atoms with van der Waals surface area (Å²) in [6, 6.07) is 3.44. The molecule has 16 heavy (non-hydrogen) atoms. The van der Waals surface area contributed by atoms with Gasteiger partial charge >= 0.3 is 5.97 Å². The first kappa shape index (κ1) is 11.9. The summed E-state index contributed by atoms with van der Waals surface area (Å²) in [5.41, 5.74) is 1.37. The molecular formula is C12H12O4. The van der Waals surface area contributed by atoms with Gasteiger partial charge in [-0.05, 0) is 18.6 Å². The maximum atomic E-state index is 10.4. The molecule has 1 aromatic carbocycles. The Balaban J connectivity index is 3.28. The summed E-state index contributed by atoms with van der Waals surface area (Å²) < 4.78 is 10.2. The molecule has 0 atom stereocenters. The van der Waals surface area contributed by atoms with Crippen LogP contribution in [-0.2, 0) is 4.79 Å². The van der Waals surface area contributed by atoms with E-state index in [4.69, 9.17) is 14.6 Å². The second-order valence-electron chi connectivity index (χ2n) is 3.08. The molecule has 0 spiro atoms. The van der Waals surface area contributed by atoms with Gasteiger partial charge in [-0.25, -0.2) is 4.79 Å². The van der Waals surface area contributed by atoms with Gasteiger partial charge in [-0.15, -0.1) is 0 Å². The molecule has 4 heteroatoms. The highest BCUT2D eigenvalue weighted by Crippen LogP contribution is 2.27. The standard InChI is InChI=1S/C12H12O4/c1-8-6-9(15-2)7-11(16-3)10(8)4-5-12(13)14/h6-7H,1-3H3,(H,13,14). The second-order valence-corrected chi connectivity index (χ2v) is 3.08. The topological polar surface area (TPSA) is 55.8 Å². The lowest BCUT2D eigenvalue weighted by atomic mass is 10.1. The Morgan fingerprint density at radius 3 is 2.50 bits per heavy atom. The Bertz CT molecular complexity index is 466. The van der Waals surface area contributed by atoms with Crippen molar-refractivity contribution in [3.63, 3.8) is 0 Å². The summed E-state index contributed by atoms with van der Waals surface area (Å²) in [6.07, 6.45) is 0. The number of carboxylic acid groups (broad SMARTS) is 1. The minimum absolute atomic E-state index is 0.505. The van der Waals surface area contributed by atoms with Crippen molar-refractivity contribution in [1.82, 2.24) is 0 Å². The maximum Gasteiger partial charge on any atom is 0.382 e. The highest BCUT2D eigenvalue weighted by atomic mass is 16.5. The fourth-order valence-corrected chi connectivity index (χ4v) is 1.28. The normalized spacial score (nSPS) is 8.94. The number of ether oxygens (including phenoxy) is 2. The van der Waals surface area contributed by atoms with Crippen molar-refractivity contribution in [1.29, 1.82) is 0 Å². The summed E-state index contributed by atoms with van der Waals surface area (Å²) in [7, 11) is 3.05. The predicted molar refractivity (Wildman–Crippen MR) is 58.8 cm³/mol. The van der Waals surface area contributed by atoms with Crippen molar-refractivity contribution < 1.29 is 19.4 Å². The lowest BCUT2D eigenvalue weighted by molar-refractivity contribution is -0.130. The molecule has 0 amide bonds. The molecule has 0 aliphatic heterocycles. The van der Waals surface area contributed by atoms with E-state index < -0.39 is 5.97 Å². The molecule has 1 N–H and O–H groups in total. The van der Waals surface area contributed by atoms with Gasteiger partial charge < -0.3 is 14.6 Å². The number of carboxylic acids is 1. The number of benzene rings is 1. The zero-order valence-electron chi connectivity index (χ0n) is 9.33. The van der Waals surface area contributed by atoms with Crippen LogP contribution >= 0.6 is 0 Å². The van der Waals surface area contributed by atoms with Crippen molar-refractivity contribution in [2.45, 2.75) is 6.92 Å². The molecular weight excluding hydrogens is 208 g/mol. The molecule has 0 radical (unpaired) electrons. The van der Waals surface area contributed by atoms with Crippen molar-refractivity contribution in [2.24, 2.45) is 0 Å². The average Bonchev–Trinajstić information content (AvgIpc) is 2.26. The molecule has 0 aliphatic carbocycles. The third kappa shape index (κ3) is 2.67. The minimum atomic E-state index is -1.17. The maximum absolute atomic E-state index is 10.4. The van der Waals surface area contributed by atoms with Crippen molar-refractivity contribution in [3.8, 4) is 23.3 Å². The Kier molecular flexibility index (Phi) is 3.78. The third-order valence-corrected chi connectivity index (χ3v) is 2.02. The molecule has 0 bridgehead atoms. The van der Waals surface area contributed by atoms with Crippen molar-refractivity contribution >= 4 is 5.97 Å². The van der Waals surface area contributed by atoms with E-state index in [1.807, 2.05) is 6.92 Å². The monoisotopic (exact) mass is 220 g/mol. The van der Waals surface area contributed by atoms with E-state index in [1.165, 1.54) is 7.11 Å². The van der Waals surface area contributed by atoms with Gasteiger partial charge in [0.25, 0.3) is 0 Å². The Morgan fingerprint density at radius 1 is 1.31 bits per heavy atom. The summed E-state index contributed by atoms with van der Waals surface area (Å²) >= 11 is 0. The fraction of sp³-hybridized carbons (Fsp3) is 0.250. The Morgan fingerprint density at radius 2 is 2.00 bits per heavy atom. The van der Waals surface area contributed by atoms with Crippen molar-refractivity contribution in [2.75, 3.05) is 14.2 Å². The number of methoxy groups -OCH3 is 2. The minimum Gasteiger partial charge on any atom is -0.497 e. The smallest absolute Gasteiger partial charge is 0.382 e. The summed E-state index contributed by atoms with van der Waals surface area (Å²) in [4.78, 5) is 10.4. The van der Waals surface area contributed by atoms with Crippen LogP contribution in [0.15, 0.2) is 12.1 Å². The van der Waals surface area contributed by atoms with Gasteiger partial charge in [-0.2, -0.15) is 0 Å². The lowest BCUT2D eigenvalue weighted by Crippen LogP contribution is -1.95. The lowest BCUT2D eigenvalue weighted by Gasteiger charge is -2.09.